The van der Waals surface area contributed by atoms with E-state index < -0.39 is 0 Å². The molecule has 82 valence electrons. The largest absolute Gasteiger partial charge is 0.448 e. The highest BCUT2D eigenvalue weighted by atomic mass is 16.3. The van der Waals surface area contributed by atoms with Gasteiger partial charge in [0.05, 0.1) is 0 Å². The molecule has 1 aromatic rings. The molecule has 1 aliphatic heterocycles. The lowest BCUT2D eigenvalue weighted by molar-refractivity contribution is 0.101. The average molecular weight is 208 g/mol. The van der Waals surface area contributed by atoms with E-state index in [1.54, 1.807) is 0 Å². The van der Waals surface area contributed by atoms with Crippen molar-refractivity contribution in [2.45, 2.75) is 26.2 Å². The molecule has 2 rings (SSSR count). The SMILES string of the molecule is CC(=O)c1coc(CC2CCNCC2)n1. The van der Waals surface area contributed by atoms with Gasteiger partial charge in [0, 0.05) is 13.3 Å². The average Bonchev–Trinajstić information content (AvgIpc) is 2.68. The Morgan fingerprint density at radius 2 is 2.33 bits per heavy atom. The van der Waals surface area contributed by atoms with E-state index >= 15 is 0 Å². The lowest BCUT2D eigenvalue weighted by atomic mass is 9.95. The summed E-state index contributed by atoms with van der Waals surface area (Å²) < 4.78 is 5.28. The van der Waals surface area contributed by atoms with Gasteiger partial charge in [0.1, 0.15) is 12.0 Å². The molecule has 1 aromatic heterocycles. The first-order valence-corrected chi connectivity index (χ1v) is 5.42. The van der Waals surface area contributed by atoms with Gasteiger partial charge in [0.2, 0.25) is 0 Å². The van der Waals surface area contributed by atoms with Crippen LogP contribution in [0.25, 0.3) is 0 Å². The van der Waals surface area contributed by atoms with Crippen molar-refractivity contribution in [1.82, 2.24) is 10.3 Å². The molecule has 15 heavy (non-hydrogen) atoms. The highest BCUT2D eigenvalue weighted by molar-refractivity contribution is 5.91. The number of rotatable bonds is 3. The van der Waals surface area contributed by atoms with Crippen molar-refractivity contribution in [2.24, 2.45) is 5.92 Å². The highest BCUT2D eigenvalue weighted by Gasteiger charge is 2.17. The lowest BCUT2D eigenvalue weighted by Crippen LogP contribution is -2.28. The lowest BCUT2D eigenvalue weighted by Gasteiger charge is -2.20. The van der Waals surface area contributed by atoms with Crippen molar-refractivity contribution in [3.8, 4) is 0 Å². The molecule has 0 saturated carbocycles. The summed E-state index contributed by atoms with van der Waals surface area (Å²) in [7, 11) is 0. The molecular weight excluding hydrogens is 192 g/mol. The van der Waals surface area contributed by atoms with Crippen LogP contribution in [0, 0.1) is 5.92 Å². The van der Waals surface area contributed by atoms with Crippen LogP contribution in [0.1, 0.15) is 36.1 Å². The molecular formula is C11H16N2O2. The third-order valence-corrected chi connectivity index (χ3v) is 2.83. The summed E-state index contributed by atoms with van der Waals surface area (Å²) in [4.78, 5) is 15.2. The van der Waals surface area contributed by atoms with Crippen LogP contribution in [0.2, 0.25) is 0 Å². The van der Waals surface area contributed by atoms with Crippen LogP contribution in [0.3, 0.4) is 0 Å². The summed E-state index contributed by atoms with van der Waals surface area (Å²) in [5.74, 6) is 1.31. The topological polar surface area (TPSA) is 55.1 Å². The number of carbonyl (C=O) groups excluding carboxylic acids is 1. The van der Waals surface area contributed by atoms with E-state index in [9.17, 15) is 4.79 Å². The van der Waals surface area contributed by atoms with Gasteiger partial charge >= 0.3 is 0 Å². The molecule has 4 nitrogen and oxygen atoms in total. The number of nitrogens with one attached hydrogen (secondary N) is 1. The summed E-state index contributed by atoms with van der Waals surface area (Å²) in [6.45, 7) is 3.65. The quantitative estimate of drug-likeness (QED) is 0.763. The van der Waals surface area contributed by atoms with Crippen LogP contribution in [0.5, 0.6) is 0 Å². The van der Waals surface area contributed by atoms with Crippen LogP contribution in [0.15, 0.2) is 10.7 Å². The molecule has 0 spiro atoms. The van der Waals surface area contributed by atoms with Crippen LogP contribution >= 0.6 is 0 Å². The third kappa shape index (κ3) is 2.65. The Morgan fingerprint density at radius 1 is 1.60 bits per heavy atom. The molecule has 1 fully saturated rings. The minimum atomic E-state index is -0.0321. The van der Waals surface area contributed by atoms with Gasteiger partial charge in [-0.2, -0.15) is 0 Å². The maximum absolute atomic E-state index is 11.0. The Hall–Kier alpha value is -1.16. The van der Waals surface area contributed by atoms with Gasteiger partial charge in [-0.25, -0.2) is 4.98 Å². The van der Waals surface area contributed by atoms with Crippen molar-refractivity contribution in [3.05, 3.63) is 17.8 Å². The van der Waals surface area contributed by atoms with Crippen molar-refractivity contribution in [2.75, 3.05) is 13.1 Å². The Labute approximate surface area is 89.1 Å². The first-order valence-electron chi connectivity index (χ1n) is 5.42. The molecule has 0 aromatic carbocycles. The summed E-state index contributed by atoms with van der Waals surface area (Å²) in [5.41, 5.74) is 0.443. The van der Waals surface area contributed by atoms with Gasteiger partial charge in [-0.3, -0.25) is 4.79 Å². The van der Waals surface area contributed by atoms with Gasteiger partial charge in [-0.15, -0.1) is 0 Å². The van der Waals surface area contributed by atoms with Crippen LogP contribution in [0.4, 0.5) is 0 Å². The predicted octanol–water partition coefficient (Wildman–Crippen LogP) is 1.42. The number of aromatic nitrogens is 1. The predicted molar refractivity (Wildman–Crippen MR) is 55.8 cm³/mol. The number of hydrogen-bond acceptors (Lipinski definition) is 4. The van der Waals surface area contributed by atoms with Gasteiger partial charge in [0.15, 0.2) is 11.7 Å². The zero-order valence-corrected chi connectivity index (χ0v) is 8.95. The van der Waals surface area contributed by atoms with Gasteiger partial charge in [-0.05, 0) is 31.8 Å². The number of carbonyl (C=O) groups is 1. The molecule has 1 aliphatic rings. The molecule has 1 saturated heterocycles. The third-order valence-electron chi connectivity index (χ3n) is 2.83. The summed E-state index contributed by atoms with van der Waals surface area (Å²) >= 11 is 0. The zero-order chi connectivity index (χ0) is 10.7. The van der Waals surface area contributed by atoms with Crippen molar-refractivity contribution in [1.29, 1.82) is 0 Å². The van der Waals surface area contributed by atoms with Crippen LogP contribution in [-0.4, -0.2) is 23.9 Å². The Balaban J connectivity index is 1.94. The molecule has 0 radical (unpaired) electrons. The molecule has 0 amide bonds. The smallest absolute Gasteiger partial charge is 0.194 e. The van der Waals surface area contributed by atoms with E-state index in [4.69, 9.17) is 4.42 Å². The molecule has 1 N–H and O–H groups in total. The first-order chi connectivity index (χ1) is 7.25. The fraction of sp³-hybridized carbons (Fsp3) is 0.636. The molecule has 0 aliphatic carbocycles. The summed E-state index contributed by atoms with van der Waals surface area (Å²) in [6, 6.07) is 0. The van der Waals surface area contributed by atoms with E-state index in [-0.39, 0.29) is 5.78 Å². The number of hydrogen-bond donors (Lipinski definition) is 1. The van der Waals surface area contributed by atoms with E-state index in [0.717, 1.165) is 32.4 Å². The summed E-state index contributed by atoms with van der Waals surface area (Å²) in [5, 5.41) is 3.32. The van der Waals surface area contributed by atoms with E-state index in [2.05, 4.69) is 10.3 Å². The van der Waals surface area contributed by atoms with Crippen molar-refractivity contribution in [3.63, 3.8) is 0 Å². The second kappa shape index (κ2) is 4.57. The van der Waals surface area contributed by atoms with E-state index in [1.165, 1.54) is 13.2 Å². The van der Waals surface area contributed by atoms with Crippen molar-refractivity contribution < 1.29 is 9.21 Å². The number of piperidine rings is 1. The van der Waals surface area contributed by atoms with E-state index in [0.29, 0.717) is 17.5 Å². The first kappa shape index (κ1) is 10.4. The second-order valence-electron chi connectivity index (χ2n) is 4.08. The Bertz CT molecular complexity index is 340. The molecule has 0 bridgehead atoms. The molecule has 0 unspecified atom stereocenters. The zero-order valence-electron chi connectivity index (χ0n) is 8.95. The normalized spacial score (nSPS) is 17.9. The fourth-order valence-corrected chi connectivity index (χ4v) is 1.90. The maximum Gasteiger partial charge on any atom is 0.194 e. The number of nitrogens with zero attached hydrogens (tertiary/aromatic N) is 1. The minimum absolute atomic E-state index is 0.0321. The standard InChI is InChI=1S/C11H16N2O2/c1-8(14)10-7-15-11(13-10)6-9-2-4-12-5-3-9/h7,9,12H,2-6H2,1H3. The fourth-order valence-electron chi connectivity index (χ4n) is 1.90. The van der Waals surface area contributed by atoms with Crippen LogP contribution < -0.4 is 5.32 Å². The van der Waals surface area contributed by atoms with E-state index in [1.807, 2.05) is 0 Å². The highest BCUT2D eigenvalue weighted by Crippen LogP contribution is 2.17. The monoisotopic (exact) mass is 208 g/mol. The van der Waals surface area contributed by atoms with Crippen LogP contribution in [-0.2, 0) is 6.42 Å². The molecule has 2 heterocycles. The number of oxazole rings is 1. The van der Waals surface area contributed by atoms with Gasteiger partial charge < -0.3 is 9.73 Å². The number of Topliss-reactive ketones (excluding diaryl/α,β-unsaturated/α-hetero) is 1. The minimum Gasteiger partial charge on any atom is -0.448 e. The van der Waals surface area contributed by atoms with Gasteiger partial charge in [-0.1, -0.05) is 0 Å². The molecule has 4 heteroatoms. The van der Waals surface area contributed by atoms with Crippen molar-refractivity contribution >= 4 is 5.78 Å². The number of ketones is 1. The summed E-state index contributed by atoms with van der Waals surface area (Å²) in [6.07, 6.45) is 4.64. The van der Waals surface area contributed by atoms with Gasteiger partial charge in [0.25, 0.3) is 0 Å². The molecule has 0 atom stereocenters. The Kier molecular flexibility index (Phi) is 3.16. The second-order valence-corrected chi connectivity index (χ2v) is 4.08. The Morgan fingerprint density at radius 3 is 2.93 bits per heavy atom. The maximum atomic E-state index is 11.0.